The van der Waals surface area contributed by atoms with E-state index in [1.165, 1.54) is 0 Å². The number of rotatable bonds is 9. The molecule has 0 fully saturated rings. The Kier molecular flexibility index (Phi) is 8.63. The van der Waals surface area contributed by atoms with Gasteiger partial charge in [0.15, 0.2) is 5.66 Å². The van der Waals surface area contributed by atoms with Crippen molar-refractivity contribution < 1.29 is 19.0 Å². The van der Waals surface area contributed by atoms with Gasteiger partial charge in [-0.3, -0.25) is 0 Å². The zero-order valence-corrected chi connectivity index (χ0v) is 13.2. The summed E-state index contributed by atoms with van der Waals surface area (Å²) in [6, 6.07) is 9.46. The van der Waals surface area contributed by atoms with Crippen LogP contribution >= 0.6 is 8.03 Å². The van der Waals surface area contributed by atoms with E-state index in [0.29, 0.717) is 19.4 Å². The topological polar surface area (TPSA) is 75.6 Å². The summed E-state index contributed by atoms with van der Waals surface area (Å²) in [6.07, 6.45) is 2.48. The van der Waals surface area contributed by atoms with Gasteiger partial charge in [0.1, 0.15) is 6.61 Å². The molecule has 0 spiro atoms. The summed E-state index contributed by atoms with van der Waals surface area (Å²) in [5.74, 6) is 0. The third kappa shape index (κ3) is 7.78. The summed E-state index contributed by atoms with van der Waals surface area (Å²) in [5, 5.41) is 2.65. The van der Waals surface area contributed by atoms with E-state index in [4.69, 9.17) is 9.63 Å². The first-order valence-corrected chi connectivity index (χ1v) is 8.51. The maximum Gasteiger partial charge on any atom is 0.508 e. The number of hydrogen-bond acceptors (Lipinski definition) is 3. The van der Waals surface area contributed by atoms with E-state index < -0.39 is 14.1 Å². The lowest BCUT2D eigenvalue weighted by molar-refractivity contribution is 0.139. The molecule has 1 aromatic rings. The zero-order chi connectivity index (χ0) is 15.5. The summed E-state index contributed by atoms with van der Waals surface area (Å²) in [4.78, 5) is 20.6. The van der Waals surface area contributed by atoms with Gasteiger partial charge in [0, 0.05) is 6.54 Å². The van der Waals surface area contributed by atoms with Crippen molar-refractivity contribution in [3.63, 3.8) is 0 Å². The van der Waals surface area contributed by atoms with Gasteiger partial charge in [0.25, 0.3) is 0 Å². The maximum absolute atomic E-state index is 11.5. The minimum absolute atomic E-state index is 0.174. The van der Waals surface area contributed by atoms with Gasteiger partial charge in [0.05, 0.1) is 0 Å². The molecule has 0 heterocycles. The Balaban J connectivity index is 2.14. The molecule has 0 aliphatic carbocycles. The predicted molar refractivity (Wildman–Crippen MR) is 82.4 cm³/mol. The second-order valence-corrected chi connectivity index (χ2v) is 6.21. The summed E-state index contributed by atoms with van der Waals surface area (Å²) in [7, 11) is -2.13. The van der Waals surface area contributed by atoms with Crippen LogP contribution in [0.15, 0.2) is 30.3 Å². The minimum atomic E-state index is -2.13. The van der Waals surface area contributed by atoms with E-state index in [1.807, 2.05) is 37.3 Å². The van der Waals surface area contributed by atoms with Crippen molar-refractivity contribution in [1.29, 1.82) is 0 Å². The van der Waals surface area contributed by atoms with Crippen LogP contribution in [0.3, 0.4) is 0 Å². The van der Waals surface area contributed by atoms with Gasteiger partial charge in [-0.25, -0.2) is 4.79 Å². The molecule has 0 aromatic heterocycles. The van der Waals surface area contributed by atoms with Crippen molar-refractivity contribution in [3.05, 3.63) is 35.9 Å². The molecule has 116 valence electrons. The molecule has 6 heteroatoms. The highest BCUT2D eigenvalue weighted by Gasteiger charge is 2.26. The number of benzene rings is 1. The fourth-order valence-corrected chi connectivity index (χ4v) is 2.88. The molecule has 0 bridgehead atoms. The molecule has 2 N–H and O–H groups in total. The van der Waals surface area contributed by atoms with E-state index in [0.717, 1.165) is 18.4 Å². The van der Waals surface area contributed by atoms with Crippen molar-refractivity contribution in [2.75, 3.05) is 6.54 Å². The fourth-order valence-electron chi connectivity index (χ4n) is 2.00. The Morgan fingerprint density at radius 1 is 1.33 bits per heavy atom. The van der Waals surface area contributed by atoms with Crippen LogP contribution in [-0.2, 0) is 15.9 Å². The molecule has 1 aromatic carbocycles. The molecule has 5 nitrogen and oxygen atoms in total. The number of nitrogens with one attached hydrogen (secondary N) is 1. The van der Waals surface area contributed by atoms with E-state index in [9.17, 15) is 9.36 Å². The van der Waals surface area contributed by atoms with Gasteiger partial charge in [-0.05, 0) is 29.4 Å². The summed E-state index contributed by atoms with van der Waals surface area (Å²) in [6.45, 7) is 2.69. The lowest BCUT2D eigenvalue weighted by Crippen LogP contribution is -2.25. The Bertz CT molecular complexity index is 439. The summed E-state index contributed by atoms with van der Waals surface area (Å²) < 4.78 is 16.2. The van der Waals surface area contributed by atoms with Gasteiger partial charge < -0.3 is 10.1 Å². The molecule has 1 amide bonds. The van der Waals surface area contributed by atoms with Crippen LogP contribution in [0.4, 0.5) is 4.79 Å². The first-order valence-electron chi connectivity index (χ1n) is 7.23. The second kappa shape index (κ2) is 10.3. The molecule has 0 aliphatic heterocycles. The number of hydrogen-bond donors (Lipinski definition) is 2. The van der Waals surface area contributed by atoms with Crippen LogP contribution in [0.1, 0.15) is 38.2 Å². The Morgan fingerprint density at radius 3 is 2.67 bits per heavy atom. The first-order chi connectivity index (χ1) is 10.1. The molecule has 0 aliphatic rings. The second-order valence-electron chi connectivity index (χ2n) is 4.88. The first kappa shape index (κ1) is 17.6. The van der Waals surface area contributed by atoms with Gasteiger partial charge in [0.2, 0.25) is 0 Å². The number of amides is 1. The highest BCUT2D eigenvalue weighted by molar-refractivity contribution is 7.38. The van der Waals surface area contributed by atoms with Crippen LogP contribution in [0.25, 0.3) is 0 Å². The van der Waals surface area contributed by atoms with Crippen LogP contribution in [0.2, 0.25) is 0 Å². The highest BCUT2D eigenvalue weighted by Crippen LogP contribution is 2.29. The molecular formula is C15H23NO4P+. The number of alkyl carbamates (subject to hydrolysis) is 1. The summed E-state index contributed by atoms with van der Waals surface area (Å²) >= 11 is 0. The molecule has 0 saturated carbocycles. The van der Waals surface area contributed by atoms with Gasteiger partial charge >= 0.3 is 14.1 Å². The third-order valence-electron chi connectivity index (χ3n) is 3.13. The summed E-state index contributed by atoms with van der Waals surface area (Å²) in [5.41, 5.74) is 0.764. The SMILES string of the molecule is CCCC(CCCNC(=O)OCc1ccccc1)[P+](=O)O. The van der Waals surface area contributed by atoms with Crippen molar-refractivity contribution in [1.82, 2.24) is 5.32 Å². The standard InChI is InChI=1S/C15H22NO4P/c1-2-7-14(21(18)19)10-6-11-16-15(17)20-12-13-8-4-3-5-9-13/h3-5,8-9,14H,2,6-7,10-12H2,1H3,(H-,16,17,18,19)/p+1. The number of ether oxygens (including phenoxy) is 1. The van der Waals surface area contributed by atoms with E-state index in [-0.39, 0.29) is 12.3 Å². The largest absolute Gasteiger partial charge is 0.508 e. The number of carbonyl (C=O) groups excluding carboxylic acids is 1. The molecule has 21 heavy (non-hydrogen) atoms. The van der Waals surface area contributed by atoms with E-state index in [2.05, 4.69) is 5.32 Å². The van der Waals surface area contributed by atoms with Crippen LogP contribution in [0.5, 0.6) is 0 Å². The Morgan fingerprint density at radius 2 is 2.05 bits per heavy atom. The highest BCUT2D eigenvalue weighted by atomic mass is 31.1. The lowest BCUT2D eigenvalue weighted by atomic mass is 10.1. The van der Waals surface area contributed by atoms with Crippen molar-refractivity contribution in [3.8, 4) is 0 Å². The average molecular weight is 312 g/mol. The molecule has 1 rings (SSSR count). The Hall–Kier alpha value is -1.45. The maximum atomic E-state index is 11.5. The van der Waals surface area contributed by atoms with Gasteiger partial charge in [-0.1, -0.05) is 43.7 Å². The molecular weight excluding hydrogens is 289 g/mol. The molecule has 0 saturated heterocycles. The lowest BCUT2D eigenvalue weighted by Gasteiger charge is -2.07. The quantitative estimate of drug-likeness (QED) is 0.539. The van der Waals surface area contributed by atoms with Gasteiger partial charge in [-0.15, -0.1) is 0 Å². The van der Waals surface area contributed by atoms with Crippen LogP contribution in [0, 0.1) is 0 Å². The van der Waals surface area contributed by atoms with Crippen LogP contribution in [-0.4, -0.2) is 23.2 Å². The predicted octanol–water partition coefficient (Wildman–Crippen LogP) is 3.60. The van der Waals surface area contributed by atoms with Crippen LogP contribution < -0.4 is 5.32 Å². The fraction of sp³-hybridized carbons (Fsp3) is 0.533. The Labute approximate surface area is 126 Å². The van der Waals surface area contributed by atoms with Crippen molar-refractivity contribution in [2.24, 2.45) is 0 Å². The zero-order valence-electron chi connectivity index (χ0n) is 12.3. The monoisotopic (exact) mass is 312 g/mol. The van der Waals surface area contributed by atoms with Crippen molar-refractivity contribution in [2.45, 2.75) is 44.9 Å². The average Bonchev–Trinajstić information content (AvgIpc) is 2.49. The smallest absolute Gasteiger partial charge is 0.445 e. The molecule has 0 radical (unpaired) electrons. The third-order valence-corrected chi connectivity index (χ3v) is 4.27. The normalized spacial score (nSPS) is 12.6. The minimum Gasteiger partial charge on any atom is -0.445 e. The van der Waals surface area contributed by atoms with Gasteiger partial charge in [-0.2, -0.15) is 4.89 Å². The van der Waals surface area contributed by atoms with E-state index in [1.54, 1.807) is 0 Å². The number of carbonyl (C=O) groups is 1. The molecule has 2 atom stereocenters. The van der Waals surface area contributed by atoms with Crippen molar-refractivity contribution >= 4 is 14.1 Å². The van der Waals surface area contributed by atoms with E-state index >= 15 is 0 Å². The molecule has 2 unspecified atom stereocenters.